The van der Waals surface area contributed by atoms with Gasteiger partial charge in [-0.2, -0.15) is 0 Å². The van der Waals surface area contributed by atoms with Crippen LogP contribution >= 0.6 is 0 Å². The maximum absolute atomic E-state index is 12.1. The predicted molar refractivity (Wildman–Crippen MR) is 81.3 cm³/mol. The lowest BCUT2D eigenvalue weighted by atomic mass is 10.0. The van der Waals surface area contributed by atoms with E-state index in [2.05, 4.69) is 16.3 Å². The molecule has 0 saturated heterocycles. The van der Waals surface area contributed by atoms with Gasteiger partial charge < -0.3 is 14.8 Å². The van der Waals surface area contributed by atoms with Crippen molar-refractivity contribution in [1.82, 2.24) is 10.2 Å². The highest BCUT2D eigenvalue weighted by Gasteiger charge is 2.36. The SMILES string of the molecule is CCNC(C)(CN1CCOc2ccccc2C1)C(=O)OC. The number of likely N-dealkylation sites (N-methyl/N-ethyl adjacent to an activating group) is 1. The third-order valence-corrected chi connectivity index (χ3v) is 3.77. The van der Waals surface area contributed by atoms with Crippen LogP contribution in [0.3, 0.4) is 0 Å². The molecule has 1 aromatic carbocycles. The van der Waals surface area contributed by atoms with Gasteiger partial charge in [-0.1, -0.05) is 25.1 Å². The summed E-state index contributed by atoms with van der Waals surface area (Å²) in [6.45, 7) is 7.36. The normalized spacial score (nSPS) is 18.0. The maximum Gasteiger partial charge on any atom is 0.327 e. The minimum absolute atomic E-state index is 0.234. The molecule has 21 heavy (non-hydrogen) atoms. The molecule has 1 heterocycles. The number of rotatable bonds is 5. The number of carbonyl (C=O) groups is 1. The molecular weight excluding hydrogens is 268 g/mol. The highest BCUT2D eigenvalue weighted by atomic mass is 16.5. The van der Waals surface area contributed by atoms with Gasteiger partial charge in [0.1, 0.15) is 17.9 Å². The van der Waals surface area contributed by atoms with Crippen LogP contribution in [-0.2, 0) is 16.1 Å². The zero-order valence-electron chi connectivity index (χ0n) is 13.0. The van der Waals surface area contributed by atoms with Crippen molar-refractivity contribution in [3.63, 3.8) is 0 Å². The molecule has 1 aromatic rings. The van der Waals surface area contributed by atoms with E-state index in [1.165, 1.54) is 7.11 Å². The van der Waals surface area contributed by atoms with Crippen molar-refractivity contribution in [3.8, 4) is 5.75 Å². The van der Waals surface area contributed by atoms with Crippen molar-refractivity contribution in [2.75, 3.05) is 33.4 Å². The van der Waals surface area contributed by atoms with Crippen molar-refractivity contribution in [2.45, 2.75) is 25.9 Å². The Morgan fingerprint density at radius 1 is 1.48 bits per heavy atom. The lowest BCUT2D eigenvalue weighted by Crippen LogP contribution is -2.57. The third-order valence-electron chi connectivity index (χ3n) is 3.77. The van der Waals surface area contributed by atoms with Crippen molar-refractivity contribution in [3.05, 3.63) is 29.8 Å². The summed E-state index contributed by atoms with van der Waals surface area (Å²) >= 11 is 0. The zero-order chi connectivity index (χ0) is 15.3. The maximum atomic E-state index is 12.1. The van der Waals surface area contributed by atoms with E-state index >= 15 is 0 Å². The smallest absolute Gasteiger partial charge is 0.327 e. The highest BCUT2D eigenvalue weighted by molar-refractivity contribution is 5.80. The standard InChI is InChI=1S/C16H24N2O3/c1-4-17-16(2,15(19)20-3)12-18-9-10-21-14-8-6-5-7-13(14)11-18/h5-8,17H,4,9-12H2,1-3H3. The van der Waals surface area contributed by atoms with Crippen LogP contribution in [0.1, 0.15) is 19.4 Å². The second-order valence-electron chi connectivity index (χ2n) is 5.52. The molecule has 0 saturated carbocycles. The molecule has 1 aliphatic rings. The number of benzene rings is 1. The van der Waals surface area contributed by atoms with Gasteiger partial charge in [0, 0.05) is 25.2 Å². The Labute approximate surface area is 126 Å². The summed E-state index contributed by atoms with van der Waals surface area (Å²) in [5.41, 5.74) is 0.446. The number of para-hydroxylation sites is 1. The number of nitrogens with one attached hydrogen (secondary N) is 1. The quantitative estimate of drug-likeness (QED) is 0.832. The van der Waals surface area contributed by atoms with Gasteiger partial charge in [-0.15, -0.1) is 0 Å². The van der Waals surface area contributed by atoms with Crippen LogP contribution in [0.15, 0.2) is 24.3 Å². The van der Waals surface area contributed by atoms with Gasteiger partial charge in [-0.25, -0.2) is 0 Å². The first kappa shape index (κ1) is 15.8. The van der Waals surface area contributed by atoms with E-state index in [0.717, 1.165) is 24.4 Å². The number of ether oxygens (including phenoxy) is 2. The summed E-state index contributed by atoms with van der Waals surface area (Å²) < 4.78 is 10.7. The van der Waals surface area contributed by atoms with Gasteiger partial charge in [0.25, 0.3) is 0 Å². The van der Waals surface area contributed by atoms with E-state index in [4.69, 9.17) is 9.47 Å². The molecule has 1 unspecified atom stereocenters. The Balaban J connectivity index is 2.12. The van der Waals surface area contributed by atoms with Crippen LogP contribution in [0.5, 0.6) is 5.75 Å². The van der Waals surface area contributed by atoms with Gasteiger partial charge in [-0.3, -0.25) is 9.69 Å². The molecule has 116 valence electrons. The fourth-order valence-corrected chi connectivity index (χ4v) is 2.77. The molecule has 5 heteroatoms. The van der Waals surface area contributed by atoms with E-state index < -0.39 is 5.54 Å². The number of methoxy groups -OCH3 is 1. The second-order valence-corrected chi connectivity index (χ2v) is 5.52. The summed E-state index contributed by atoms with van der Waals surface area (Å²) in [6, 6.07) is 8.04. The first-order valence-electron chi connectivity index (χ1n) is 7.35. The van der Waals surface area contributed by atoms with E-state index in [9.17, 15) is 4.79 Å². The van der Waals surface area contributed by atoms with Crippen molar-refractivity contribution in [1.29, 1.82) is 0 Å². The second kappa shape index (κ2) is 6.91. The minimum atomic E-state index is -0.706. The highest BCUT2D eigenvalue weighted by Crippen LogP contribution is 2.23. The van der Waals surface area contributed by atoms with Gasteiger partial charge in [0.2, 0.25) is 0 Å². The minimum Gasteiger partial charge on any atom is -0.492 e. The van der Waals surface area contributed by atoms with E-state index in [-0.39, 0.29) is 5.97 Å². The Bertz CT molecular complexity index is 492. The van der Waals surface area contributed by atoms with Gasteiger partial charge in [0.15, 0.2) is 0 Å². The molecular formula is C16H24N2O3. The molecule has 2 rings (SSSR count). The molecule has 1 aliphatic heterocycles. The molecule has 0 amide bonds. The van der Waals surface area contributed by atoms with Crippen molar-refractivity contribution < 1.29 is 14.3 Å². The van der Waals surface area contributed by atoms with E-state index in [1.54, 1.807) is 0 Å². The molecule has 5 nitrogen and oxygen atoms in total. The fourth-order valence-electron chi connectivity index (χ4n) is 2.77. The number of fused-ring (bicyclic) bond motifs is 1. The van der Waals surface area contributed by atoms with Crippen LogP contribution in [-0.4, -0.2) is 49.8 Å². The van der Waals surface area contributed by atoms with Crippen LogP contribution in [0.25, 0.3) is 0 Å². The summed E-state index contributed by atoms with van der Waals surface area (Å²) in [6.07, 6.45) is 0. The molecule has 0 bridgehead atoms. The average Bonchev–Trinajstić information content (AvgIpc) is 2.68. The lowest BCUT2D eigenvalue weighted by Gasteiger charge is -2.33. The van der Waals surface area contributed by atoms with Gasteiger partial charge in [-0.05, 0) is 19.5 Å². The summed E-state index contributed by atoms with van der Waals surface area (Å²) in [7, 11) is 1.43. The molecule has 0 radical (unpaired) electrons. The van der Waals surface area contributed by atoms with Gasteiger partial charge in [0.05, 0.1) is 7.11 Å². The molecule has 0 aromatic heterocycles. The van der Waals surface area contributed by atoms with E-state index in [0.29, 0.717) is 19.7 Å². The molecule has 0 fully saturated rings. The Kier molecular flexibility index (Phi) is 5.20. The summed E-state index contributed by atoms with van der Waals surface area (Å²) in [5, 5.41) is 3.24. The number of hydrogen-bond donors (Lipinski definition) is 1. The number of esters is 1. The number of hydrogen-bond acceptors (Lipinski definition) is 5. The molecule has 1 N–H and O–H groups in total. The monoisotopic (exact) mass is 292 g/mol. The summed E-state index contributed by atoms with van der Waals surface area (Å²) in [4.78, 5) is 14.3. The lowest BCUT2D eigenvalue weighted by molar-refractivity contribution is -0.148. The van der Waals surface area contributed by atoms with Crippen LogP contribution in [0.4, 0.5) is 0 Å². The Morgan fingerprint density at radius 2 is 2.24 bits per heavy atom. The zero-order valence-corrected chi connectivity index (χ0v) is 13.0. The Hall–Kier alpha value is -1.59. The third kappa shape index (κ3) is 3.74. The molecule has 0 spiro atoms. The van der Waals surface area contributed by atoms with Gasteiger partial charge >= 0.3 is 5.97 Å². The van der Waals surface area contributed by atoms with Crippen LogP contribution < -0.4 is 10.1 Å². The van der Waals surface area contributed by atoms with Crippen molar-refractivity contribution >= 4 is 5.97 Å². The largest absolute Gasteiger partial charge is 0.492 e. The number of nitrogens with zero attached hydrogens (tertiary/aromatic N) is 1. The average molecular weight is 292 g/mol. The molecule has 1 atom stereocenters. The first-order chi connectivity index (χ1) is 10.1. The van der Waals surface area contributed by atoms with Crippen LogP contribution in [0.2, 0.25) is 0 Å². The summed E-state index contributed by atoms with van der Waals surface area (Å²) in [5.74, 6) is 0.700. The first-order valence-corrected chi connectivity index (χ1v) is 7.35. The number of carbonyl (C=O) groups excluding carboxylic acids is 1. The molecule has 0 aliphatic carbocycles. The van der Waals surface area contributed by atoms with Crippen LogP contribution in [0, 0.1) is 0 Å². The van der Waals surface area contributed by atoms with E-state index in [1.807, 2.05) is 32.0 Å². The van der Waals surface area contributed by atoms with Crippen molar-refractivity contribution in [2.24, 2.45) is 0 Å². The topological polar surface area (TPSA) is 50.8 Å². The Morgan fingerprint density at radius 3 is 2.95 bits per heavy atom. The fraction of sp³-hybridized carbons (Fsp3) is 0.562. The predicted octanol–water partition coefficient (Wildman–Crippen LogP) is 1.42.